The summed E-state index contributed by atoms with van der Waals surface area (Å²) in [4.78, 5) is 22.3. The SMILES string of the molecule is Cc1cc(C(=O)N(CCCN2CCOCC2)c2nc3ccc(F)cc3s2)n(C(C)C)n1. The Bertz CT molecular complexity index is 1060. The second-order valence-electron chi connectivity index (χ2n) is 8.08. The van der Waals surface area contributed by atoms with Crippen LogP contribution in [0.5, 0.6) is 0 Å². The Labute approximate surface area is 185 Å². The lowest BCUT2D eigenvalue weighted by Gasteiger charge is -2.28. The van der Waals surface area contributed by atoms with Gasteiger partial charge in [-0.05, 0) is 51.5 Å². The van der Waals surface area contributed by atoms with E-state index in [1.165, 1.54) is 23.5 Å². The number of rotatable bonds is 7. The molecule has 0 bridgehead atoms. The number of halogens is 1. The van der Waals surface area contributed by atoms with Crippen LogP contribution >= 0.6 is 11.3 Å². The predicted molar refractivity (Wildman–Crippen MR) is 120 cm³/mol. The van der Waals surface area contributed by atoms with Gasteiger partial charge in [0.25, 0.3) is 5.91 Å². The third kappa shape index (κ3) is 4.94. The van der Waals surface area contributed by atoms with E-state index in [2.05, 4.69) is 15.0 Å². The van der Waals surface area contributed by atoms with Crippen molar-refractivity contribution >= 4 is 32.6 Å². The molecule has 9 heteroatoms. The van der Waals surface area contributed by atoms with Crippen LogP contribution < -0.4 is 4.90 Å². The van der Waals surface area contributed by atoms with E-state index in [-0.39, 0.29) is 17.8 Å². The van der Waals surface area contributed by atoms with Crippen molar-refractivity contribution < 1.29 is 13.9 Å². The standard InChI is InChI=1S/C22H28FN5O2S/c1-15(2)28-19(13-16(3)25-28)21(29)27(8-4-7-26-9-11-30-12-10-26)22-24-18-6-5-17(23)14-20(18)31-22/h5-6,13-15H,4,7-12H2,1-3H3. The number of carbonyl (C=O) groups excluding carboxylic acids is 1. The molecule has 0 N–H and O–H groups in total. The van der Waals surface area contributed by atoms with E-state index >= 15 is 0 Å². The van der Waals surface area contributed by atoms with E-state index in [9.17, 15) is 9.18 Å². The summed E-state index contributed by atoms with van der Waals surface area (Å²) < 4.78 is 21.6. The number of amides is 1. The van der Waals surface area contributed by atoms with Gasteiger partial charge in [0.2, 0.25) is 0 Å². The monoisotopic (exact) mass is 445 g/mol. The molecule has 1 fully saturated rings. The largest absolute Gasteiger partial charge is 0.379 e. The van der Waals surface area contributed by atoms with Gasteiger partial charge in [0, 0.05) is 32.2 Å². The number of nitrogens with zero attached hydrogens (tertiary/aromatic N) is 5. The highest BCUT2D eigenvalue weighted by Gasteiger charge is 2.26. The van der Waals surface area contributed by atoms with E-state index in [4.69, 9.17) is 4.74 Å². The lowest BCUT2D eigenvalue weighted by Crippen LogP contribution is -2.39. The second-order valence-corrected chi connectivity index (χ2v) is 9.09. The fourth-order valence-corrected chi connectivity index (χ4v) is 4.79. The van der Waals surface area contributed by atoms with Crippen molar-refractivity contribution in [1.29, 1.82) is 0 Å². The first kappa shape index (κ1) is 21.9. The van der Waals surface area contributed by atoms with Crippen molar-refractivity contribution in [3.8, 4) is 0 Å². The first-order valence-corrected chi connectivity index (χ1v) is 11.5. The van der Waals surface area contributed by atoms with Gasteiger partial charge >= 0.3 is 0 Å². The van der Waals surface area contributed by atoms with Crippen LogP contribution in [0.15, 0.2) is 24.3 Å². The molecule has 0 unspecified atom stereocenters. The Morgan fingerprint density at radius 2 is 2.06 bits per heavy atom. The molecule has 1 aromatic carbocycles. The summed E-state index contributed by atoms with van der Waals surface area (Å²) >= 11 is 1.34. The molecular formula is C22H28FN5O2S. The fourth-order valence-electron chi connectivity index (χ4n) is 3.77. The van der Waals surface area contributed by atoms with Crippen LogP contribution in [0.25, 0.3) is 10.2 Å². The Hall–Kier alpha value is -2.36. The quantitative estimate of drug-likeness (QED) is 0.552. The Morgan fingerprint density at radius 1 is 1.29 bits per heavy atom. The molecule has 0 atom stereocenters. The van der Waals surface area contributed by atoms with Crippen molar-refractivity contribution in [2.75, 3.05) is 44.3 Å². The summed E-state index contributed by atoms with van der Waals surface area (Å²) in [5.41, 5.74) is 2.04. The summed E-state index contributed by atoms with van der Waals surface area (Å²) in [6, 6.07) is 6.41. The summed E-state index contributed by atoms with van der Waals surface area (Å²) in [6.07, 6.45) is 0.810. The van der Waals surface area contributed by atoms with E-state index in [1.54, 1.807) is 15.6 Å². The summed E-state index contributed by atoms with van der Waals surface area (Å²) in [5.74, 6) is -0.433. The number of thiazole rings is 1. The second kappa shape index (κ2) is 9.42. The zero-order valence-electron chi connectivity index (χ0n) is 18.2. The molecule has 1 aliphatic rings. The molecule has 1 aliphatic heterocycles. The number of hydrogen-bond acceptors (Lipinski definition) is 6. The molecule has 4 rings (SSSR count). The summed E-state index contributed by atoms with van der Waals surface area (Å²) in [5, 5.41) is 5.08. The van der Waals surface area contributed by atoms with E-state index in [0.29, 0.717) is 22.9 Å². The molecule has 2 aromatic heterocycles. The molecule has 0 radical (unpaired) electrons. The van der Waals surface area contributed by atoms with Crippen LogP contribution in [0.4, 0.5) is 9.52 Å². The number of aryl methyl sites for hydroxylation is 1. The van der Waals surface area contributed by atoms with Crippen LogP contribution in [0.3, 0.4) is 0 Å². The highest BCUT2D eigenvalue weighted by atomic mass is 32.1. The number of benzene rings is 1. The first-order chi connectivity index (χ1) is 14.9. The summed E-state index contributed by atoms with van der Waals surface area (Å²) in [7, 11) is 0. The van der Waals surface area contributed by atoms with Crippen molar-refractivity contribution in [1.82, 2.24) is 19.7 Å². The average molecular weight is 446 g/mol. The molecule has 0 saturated carbocycles. The molecule has 1 amide bonds. The van der Waals surface area contributed by atoms with Gasteiger partial charge < -0.3 is 4.74 Å². The molecule has 0 spiro atoms. The Kier molecular flexibility index (Phi) is 6.64. The number of aromatic nitrogens is 3. The zero-order valence-corrected chi connectivity index (χ0v) is 19.0. The normalized spacial score (nSPS) is 15.1. The van der Waals surface area contributed by atoms with Gasteiger partial charge in [0.15, 0.2) is 5.13 Å². The minimum atomic E-state index is -0.304. The van der Waals surface area contributed by atoms with Gasteiger partial charge in [0.1, 0.15) is 11.5 Å². The number of ether oxygens (including phenoxy) is 1. The van der Waals surface area contributed by atoms with Crippen molar-refractivity contribution in [2.45, 2.75) is 33.2 Å². The van der Waals surface area contributed by atoms with Gasteiger partial charge in [-0.15, -0.1) is 0 Å². The van der Waals surface area contributed by atoms with Crippen LogP contribution in [0.2, 0.25) is 0 Å². The van der Waals surface area contributed by atoms with Gasteiger partial charge in [0.05, 0.1) is 29.1 Å². The molecular weight excluding hydrogens is 417 g/mol. The third-order valence-corrected chi connectivity index (χ3v) is 6.38. The highest BCUT2D eigenvalue weighted by Crippen LogP contribution is 2.31. The number of hydrogen-bond donors (Lipinski definition) is 0. The highest BCUT2D eigenvalue weighted by molar-refractivity contribution is 7.22. The van der Waals surface area contributed by atoms with Crippen molar-refractivity contribution in [2.24, 2.45) is 0 Å². The van der Waals surface area contributed by atoms with E-state index < -0.39 is 0 Å². The van der Waals surface area contributed by atoms with Gasteiger partial charge in [-0.1, -0.05) is 11.3 Å². The smallest absolute Gasteiger partial charge is 0.278 e. The molecule has 1 saturated heterocycles. The van der Waals surface area contributed by atoms with Crippen LogP contribution in [0.1, 0.15) is 42.5 Å². The Balaban J connectivity index is 1.61. The topological polar surface area (TPSA) is 63.5 Å². The lowest BCUT2D eigenvalue weighted by atomic mass is 10.2. The van der Waals surface area contributed by atoms with Gasteiger partial charge in [-0.2, -0.15) is 5.10 Å². The number of anilines is 1. The van der Waals surface area contributed by atoms with Gasteiger partial charge in [-0.3, -0.25) is 19.3 Å². The molecule has 166 valence electrons. The van der Waals surface area contributed by atoms with E-state index in [1.807, 2.05) is 26.8 Å². The van der Waals surface area contributed by atoms with Crippen LogP contribution in [-0.4, -0.2) is 65.0 Å². The van der Waals surface area contributed by atoms with E-state index in [0.717, 1.165) is 49.7 Å². The maximum atomic E-state index is 13.7. The fraction of sp³-hybridized carbons (Fsp3) is 0.500. The number of carbonyl (C=O) groups is 1. The Morgan fingerprint density at radius 3 is 2.81 bits per heavy atom. The van der Waals surface area contributed by atoms with Crippen LogP contribution in [-0.2, 0) is 4.74 Å². The molecule has 3 heterocycles. The lowest BCUT2D eigenvalue weighted by molar-refractivity contribution is 0.0376. The minimum Gasteiger partial charge on any atom is -0.379 e. The molecule has 7 nitrogen and oxygen atoms in total. The molecule has 0 aliphatic carbocycles. The van der Waals surface area contributed by atoms with Crippen molar-refractivity contribution in [3.63, 3.8) is 0 Å². The zero-order chi connectivity index (χ0) is 22.0. The maximum Gasteiger partial charge on any atom is 0.278 e. The van der Waals surface area contributed by atoms with Gasteiger partial charge in [-0.25, -0.2) is 9.37 Å². The first-order valence-electron chi connectivity index (χ1n) is 10.7. The van der Waals surface area contributed by atoms with Crippen LogP contribution in [0, 0.1) is 12.7 Å². The minimum absolute atomic E-state index is 0.0623. The van der Waals surface area contributed by atoms with Crippen molar-refractivity contribution in [3.05, 3.63) is 41.5 Å². The molecule has 3 aromatic rings. The summed E-state index contributed by atoms with van der Waals surface area (Å²) in [6.45, 7) is 10.6. The third-order valence-electron chi connectivity index (χ3n) is 5.34. The number of fused-ring (bicyclic) bond motifs is 1. The predicted octanol–water partition coefficient (Wildman–Crippen LogP) is 3.89. The number of morpholine rings is 1. The molecule has 31 heavy (non-hydrogen) atoms. The average Bonchev–Trinajstić information content (AvgIpc) is 3.34. The maximum absolute atomic E-state index is 13.7.